The fourth-order valence-electron chi connectivity index (χ4n) is 1.95. The first-order chi connectivity index (χ1) is 6.00. The van der Waals surface area contributed by atoms with Crippen LogP contribution in [0.4, 0.5) is 0 Å². The van der Waals surface area contributed by atoms with Gasteiger partial charge in [-0.25, -0.2) is 0 Å². The molecule has 0 aromatic carbocycles. The Balaban J connectivity index is 2.60. The summed E-state index contributed by atoms with van der Waals surface area (Å²) < 4.78 is 0.980. The Morgan fingerprint density at radius 3 is 3.00 bits per heavy atom. The van der Waals surface area contributed by atoms with Gasteiger partial charge in [-0.1, -0.05) is 13.8 Å². The van der Waals surface area contributed by atoms with Gasteiger partial charge in [0.05, 0.1) is 11.8 Å². The molecular weight excluding hydrogens is 230 g/mol. The van der Waals surface area contributed by atoms with E-state index in [2.05, 4.69) is 40.8 Å². The largest absolute Gasteiger partial charge is 0.387 e. The average molecular weight is 242 g/mol. The quantitative estimate of drug-likeness (QED) is 0.758. The third-order valence-electron chi connectivity index (χ3n) is 2.63. The molecule has 3 heteroatoms. The number of aliphatic hydroxyl groups is 1. The number of fused-ring (bicyclic) bond motifs is 1. The molecule has 1 aliphatic carbocycles. The molecule has 1 unspecified atom stereocenters. The van der Waals surface area contributed by atoms with Gasteiger partial charge in [-0.05, 0) is 39.4 Å². The zero-order chi connectivity index (χ0) is 9.64. The number of aromatic nitrogens is 1. The maximum Gasteiger partial charge on any atom is 0.0971 e. The number of hydrogen-bond donors (Lipinski definition) is 1. The van der Waals surface area contributed by atoms with Crippen molar-refractivity contribution in [2.75, 3.05) is 0 Å². The summed E-state index contributed by atoms with van der Waals surface area (Å²) in [5.74, 6) is 0. The highest BCUT2D eigenvalue weighted by Gasteiger charge is 2.36. The van der Waals surface area contributed by atoms with E-state index in [1.165, 1.54) is 0 Å². The molecular formula is C10H12BrNO. The van der Waals surface area contributed by atoms with Crippen LogP contribution in [-0.4, -0.2) is 10.1 Å². The third kappa shape index (κ3) is 1.40. The van der Waals surface area contributed by atoms with Gasteiger partial charge < -0.3 is 5.11 Å². The highest BCUT2D eigenvalue weighted by Crippen LogP contribution is 2.43. The van der Waals surface area contributed by atoms with Crippen LogP contribution in [0.1, 0.15) is 37.6 Å². The molecule has 2 rings (SSSR count). The summed E-state index contributed by atoms with van der Waals surface area (Å²) in [6, 6.07) is 2.05. The lowest BCUT2D eigenvalue weighted by Crippen LogP contribution is -2.12. The molecule has 0 aliphatic heterocycles. The van der Waals surface area contributed by atoms with E-state index in [1.54, 1.807) is 6.20 Å². The summed E-state index contributed by atoms with van der Waals surface area (Å²) in [5.41, 5.74) is 2.05. The summed E-state index contributed by atoms with van der Waals surface area (Å²) in [6.45, 7) is 4.27. The minimum atomic E-state index is -0.391. The highest BCUT2D eigenvalue weighted by atomic mass is 79.9. The van der Waals surface area contributed by atoms with E-state index in [9.17, 15) is 5.11 Å². The van der Waals surface area contributed by atoms with Gasteiger partial charge in [0.1, 0.15) is 0 Å². The van der Waals surface area contributed by atoms with E-state index in [0.29, 0.717) is 0 Å². The second-order valence-electron chi connectivity index (χ2n) is 4.19. The number of halogens is 1. The van der Waals surface area contributed by atoms with Crippen molar-refractivity contribution >= 4 is 15.9 Å². The number of hydrogen-bond acceptors (Lipinski definition) is 2. The predicted molar refractivity (Wildman–Crippen MR) is 54.5 cm³/mol. The number of aliphatic hydroxyl groups excluding tert-OH is 1. The summed E-state index contributed by atoms with van der Waals surface area (Å²) in [4.78, 5) is 4.24. The highest BCUT2D eigenvalue weighted by molar-refractivity contribution is 9.10. The van der Waals surface area contributed by atoms with Crippen LogP contribution in [0.25, 0.3) is 0 Å². The van der Waals surface area contributed by atoms with Crippen molar-refractivity contribution in [2.24, 2.45) is 0 Å². The predicted octanol–water partition coefficient (Wildman–Crippen LogP) is 2.56. The fourth-order valence-corrected chi connectivity index (χ4v) is 2.28. The molecule has 1 atom stereocenters. The van der Waals surface area contributed by atoms with Gasteiger partial charge in [0.15, 0.2) is 0 Å². The first-order valence-corrected chi connectivity index (χ1v) is 5.14. The molecule has 1 N–H and O–H groups in total. The second kappa shape index (κ2) is 2.79. The van der Waals surface area contributed by atoms with Crippen molar-refractivity contribution in [3.8, 4) is 0 Å². The van der Waals surface area contributed by atoms with Crippen LogP contribution in [0.15, 0.2) is 16.7 Å². The van der Waals surface area contributed by atoms with Crippen molar-refractivity contribution in [3.05, 3.63) is 28.0 Å². The SMILES string of the molecule is CC1(C)CC(O)c2ncc(Br)cc21. The van der Waals surface area contributed by atoms with Crippen LogP contribution in [-0.2, 0) is 5.41 Å². The molecule has 1 aliphatic rings. The van der Waals surface area contributed by atoms with Gasteiger partial charge >= 0.3 is 0 Å². The lowest BCUT2D eigenvalue weighted by molar-refractivity contribution is 0.158. The number of nitrogens with zero attached hydrogens (tertiary/aromatic N) is 1. The van der Waals surface area contributed by atoms with E-state index in [0.717, 1.165) is 22.2 Å². The van der Waals surface area contributed by atoms with E-state index in [4.69, 9.17) is 0 Å². The van der Waals surface area contributed by atoms with Crippen LogP contribution in [0.3, 0.4) is 0 Å². The van der Waals surface area contributed by atoms with Crippen LogP contribution < -0.4 is 0 Å². The van der Waals surface area contributed by atoms with Gasteiger partial charge in [0.2, 0.25) is 0 Å². The minimum absolute atomic E-state index is 0.0472. The molecule has 1 heterocycles. The smallest absolute Gasteiger partial charge is 0.0971 e. The standard InChI is InChI=1S/C10H12BrNO/c1-10(2)4-8(13)9-7(10)3-6(11)5-12-9/h3,5,8,13H,4H2,1-2H3. The Labute approximate surface area is 86.1 Å². The van der Waals surface area contributed by atoms with Gasteiger partial charge in [-0.15, -0.1) is 0 Å². The summed E-state index contributed by atoms with van der Waals surface area (Å²) >= 11 is 3.39. The normalized spacial score (nSPS) is 24.5. The number of rotatable bonds is 0. The van der Waals surface area contributed by atoms with Gasteiger partial charge in [-0.2, -0.15) is 0 Å². The zero-order valence-corrected chi connectivity index (χ0v) is 9.30. The first kappa shape index (κ1) is 9.16. The molecule has 0 radical (unpaired) electrons. The maximum absolute atomic E-state index is 9.73. The van der Waals surface area contributed by atoms with E-state index in [-0.39, 0.29) is 5.41 Å². The lowest BCUT2D eigenvalue weighted by Gasteiger charge is -2.17. The van der Waals surface area contributed by atoms with E-state index < -0.39 is 6.10 Å². The molecule has 70 valence electrons. The molecule has 0 spiro atoms. The van der Waals surface area contributed by atoms with Crippen molar-refractivity contribution in [2.45, 2.75) is 31.8 Å². The Morgan fingerprint density at radius 1 is 1.62 bits per heavy atom. The Bertz CT molecular complexity index is 349. The molecule has 0 amide bonds. The van der Waals surface area contributed by atoms with Crippen LogP contribution >= 0.6 is 15.9 Å². The molecule has 1 aromatic rings. The zero-order valence-electron chi connectivity index (χ0n) is 7.71. The molecule has 0 bridgehead atoms. The minimum Gasteiger partial charge on any atom is -0.387 e. The maximum atomic E-state index is 9.73. The van der Waals surface area contributed by atoms with Crippen LogP contribution in [0.5, 0.6) is 0 Å². The Kier molecular flexibility index (Phi) is 1.96. The number of pyridine rings is 1. The van der Waals surface area contributed by atoms with E-state index in [1.807, 2.05) is 0 Å². The monoisotopic (exact) mass is 241 g/mol. The topological polar surface area (TPSA) is 33.1 Å². The van der Waals surface area contributed by atoms with Gasteiger partial charge in [0, 0.05) is 10.7 Å². The van der Waals surface area contributed by atoms with Crippen LogP contribution in [0.2, 0.25) is 0 Å². The first-order valence-electron chi connectivity index (χ1n) is 4.35. The van der Waals surface area contributed by atoms with Crippen molar-refractivity contribution in [1.82, 2.24) is 4.98 Å². The molecule has 2 nitrogen and oxygen atoms in total. The van der Waals surface area contributed by atoms with Gasteiger partial charge in [0.25, 0.3) is 0 Å². The van der Waals surface area contributed by atoms with Crippen molar-refractivity contribution in [3.63, 3.8) is 0 Å². The molecule has 0 fully saturated rings. The van der Waals surface area contributed by atoms with E-state index >= 15 is 0 Å². The third-order valence-corrected chi connectivity index (χ3v) is 3.07. The summed E-state index contributed by atoms with van der Waals surface area (Å²) in [7, 11) is 0. The van der Waals surface area contributed by atoms with Crippen molar-refractivity contribution in [1.29, 1.82) is 0 Å². The van der Waals surface area contributed by atoms with Gasteiger partial charge in [-0.3, -0.25) is 4.98 Å². The molecule has 1 aromatic heterocycles. The molecule has 13 heavy (non-hydrogen) atoms. The molecule has 0 saturated heterocycles. The summed E-state index contributed by atoms with van der Waals surface area (Å²) in [5, 5.41) is 9.73. The lowest BCUT2D eigenvalue weighted by atomic mass is 9.87. The average Bonchev–Trinajstić information content (AvgIpc) is 2.23. The fraction of sp³-hybridized carbons (Fsp3) is 0.500. The Hall–Kier alpha value is -0.410. The van der Waals surface area contributed by atoms with Crippen LogP contribution in [0, 0.1) is 0 Å². The van der Waals surface area contributed by atoms with Crippen molar-refractivity contribution < 1.29 is 5.11 Å². The second-order valence-corrected chi connectivity index (χ2v) is 5.11. The summed E-state index contributed by atoms with van der Waals surface area (Å²) in [6.07, 6.45) is 2.12. The molecule has 0 saturated carbocycles. The Morgan fingerprint density at radius 2 is 2.31 bits per heavy atom.